The van der Waals surface area contributed by atoms with Crippen molar-refractivity contribution in [3.05, 3.63) is 64.4 Å². The molecule has 4 aromatic rings. The highest BCUT2D eigenvalue weighted by Gasteiger charge is 2.41. The second kappa shape index (κ2) is 7.73. The summed E-state index contributed by atoms with van der Waals surface area (Å²) >= 11 is 0. The van der Waals surface area contributed by atoms with Gasteiger partial charge >= 0.3 is 6.18 Å². The molecule has 0 fully saturated rings. The number of aryl methyl sites for hydroxylation is 1. The highest BCUT2D eigenvalue weighted by molar-refractivity contribution is 6.15. The molecule has 3 aromatic heterocycles. The van der Waals surface area contributed by atoms with E-state index in [1.807, 2.05) is 0 Å². The van der Waals surface area contributed by atoms with Crippen molar-refractivity contribution in [2.24, 2.45) is 11.5 Å². The lowest BCUT2D eigenvalue weighted by Gasteiger charge is -2.15. The summed E-state index contributed by atoms with van der Waals surface area (Å²) in [5.41, 5.74) is 8.68. The van der Waals surface area contributed by atoms with E-state index in [-0.39, 0.29) is 34.5 Å². The van der Waals surface area contributed by atoms with Gasteiger partial charge in [0.15, 0.2) is 11.5 Å². The highest BCUT2D eigenvalue weighted by atomic mass is 19.4. The molecule has 4 rings (SSSR count). The largest absolute Gasteiger partial charge is 0.435 e. The predicted octanol–water partition coefficient (Wildman–Crippen LogP) is 2.97. The Kier molecular flexibility index (Phi) is 5.15. The molecule has 33 heavy (non-hydrogen) atoms. The van der Waals surface area contributed by atoms with Crippen molar-refractivity contribution >= 4 is 22.7 Å². The van der Waals surface area contributed by atoms with E-state index >= 15 is 0 Å². The number of nitrogens with two attached hydrogens (primary N) is 2. The van der Waals surface area contributed by atoms with Crippen LogP contribution in [0.2, 0.25) is 0 Å². The Morgan fingerprint density at radius 2 is 1.79 bits per heavy atom. The molecule has 0 aliphatic heterocycles. The lowest BCUT2D eigenvalue weighted by atomic mass is 9.92. The van der Waals surface area contributed by atoms with Gasteiger partial charge in [0.25, 0.3) is 5.91 Å². The van der Waals surface area contributed by atoms with Crippen molar-refractivity contribution < 1.29 is 27.3 Å². The smallest absolute Gasteiger partial charge is 0.366 e. The van der Waals surface area contributed by atoms with E-state index in [2.05, 4.69) is 15.2 Å². The molecule has 0 unspecified atom stereocenters. The zero-order chi connectivity index (χ0) is 24.1. The zero-order valence-corrected chi connectivity index (χ0v) is 17.4. The molecule has 2 amide bonds. The number of hydrogen-bond acceptors (Lipinski definition) is 6. The molecule has 3 heterocycles. The summed E-state index contributed by atoms with van der Waals surface area (Å²) in [6.45, 7) is 2.86. The topological polar surface area (TPSA) is 143 Å². The van der Waals surface area contributed by atoms with E-state index in [0.29, 0.717) is 5.69 Å². The molecule has 0 saturated carbocycles. The predicted molar refractivity (Wildman–Crippen MR) is 110 cm³/mol. The van der Waals surface area contributed by atoms with Gasteiger partial charge in [0.2, 0.25) is 5.91 Å². The lowest BCUT2D eigenvalue weighted by molar-refractivity contribution is -0.141. The minimum atomic E-state index is -4.93. The summed E-state index contributed by atoms with van der Waals surface area (Å²) in [5, 5.41) is 7.61. The van der Waals surface area contributed by atoms with E-state index in [0.717, 1.165) is 4.68 Å². The Labute approximate surface area is 184 Å². The van der Waals surface area contributed by atoms with Gasteiger partial charge < -0.3 is 16.0 Å². The summed E-state index contributed by atoms with van der Waals surface area (Å²) in [6.07, 6.45) is -4.93. The number of amides is 2. The van der Waals surface area contributed by atoms with Crippen LogP contribution in [-0.4, -0.2) is 31.7 Å². The van der Waals surface area contributed by atoms with Gasteiger partial charge in [-0.05, 0) is 19.9 Å². The Morgan fingerprint density at radius 3 is 2.36 bits per heavy atom. The summed E-state index contributed by atoms with van der Waals surface area (Å²) in [7, 11) is 0. The van der Waals surface area contributed by atoms with E-state index in [1.165, 1.54) is 19.1 Å². The number of carbonyl (C=O) groups excluding carboxylic acids is 2. The van der Waals surface area contributed by atoms with Crippen LogP contribution >= 0.6 is 0 Å². The molecule has 1 aromatic carbocycles. The summed E-state index contributed by atoms with van der Waals surface area (Å²) < 4.78 is 48.4. The van der Waals surface area contributed by atoms with Gasteiger partial charge in [-0.3, -0.25) is 14.3 Å². The van der Waals surface area contributed by atoms with Crippen molar-refractivity contribution in [2.75, 3.05) is 0 Å². The number of nitrogens with zero attached hydrogens (tertiary/aromatic N) is 4. The highest BCUT2D eigenvalue weighted by Crippen LogP contribution is 2.42. The Hall–Kier alpha value is -4.22. The van der Waals surface area contributed by atoms with Crippen LogP contribution in [0.3, 0.4) is 0 Å². The third kappa shape index (κ3) is 3.79. The van der Waals surface area contributed by atoms with Crippen LogP contribution in [0.5, 0.6) is 0 Å². The van der Waals surface area contributed by atoms with E-state index < -0.39 is 40.5 Å². The molecule has 0 radical (unpaired) electrons. The number of rotatable bonds is 5. The first-order valence-corrected chi connectivity index (χ1v) is 9.58. The number of aromatic nitrogens is 4. The molecular weight excluding hydrogens is 441 g/mol. The Morgan fingerprint density at radius 1 is 1.09 bits per heavy atom. The second-order valence-corrected chi connectivity index (χ2v) is 7.36. The van der Waals surface area contributed by atoms with Gasteiger partial charge in [0.1, 0.15) is 12.2 Å². The fraction of sp³-hybridized carbons (Fsp3) is 0.190. The average Bonchev–Trinajstić information content (AvgIpc) is 3.29. The van der Waals surface area contributed by atoms with Crippen LogP contribution in [0.1, 0.15) is 43.7 Å². The number of benzene rings is 1. The molecule has 0 spiro atoms. The normalized spacial score (nSPS) is 11.8. The van der Waals surface area contributed by atoms with Gasteiger partial charge in [-0.15, -0.1) is 0 Å². The third-order valence-electron chi connectivity index (χ3n) is 5.08. The molecule has 4 N–H and O–H groups in total. The van der Waals surface area contributed by atoms with Crippen molar-refractivity contribution in [1.29, 1.82) is 0 Å². The van der Waals surface area contributed by atoms with E-state index in [1.54, 1.807) is 25.1 Å². The molecule has 0 aliphatic carbocycles. The van der Waals surface area contributed by atoms with Gasteiger partial charge in [0, 0.05) is 28.3 Å². The van der Waals surface area contributed by atoms with Crippen molar-refractivity contribution in [1.82, 2.24) is 19.9 Å². The number of para-hydroxylation sites is 1. The molecule has 12 heteroatoms. The van der Waals surface area contributed by atoms with Gasteiger partial charge in [-0.25, -0.2) is 4.98 Å². The van der Waals surface area contributed by atoms with Crippen molar-refractivity contribution in [3.8, 4) is 11.1 Å². The fourth-order valence-electron chi connectivity index (χ4n) is 3.73. The zero-order valence-electron chi connectivity index (χ0n) is 17.4. The minimum Gasteiger partial charge on any atom is -0.366 e. The maximum absolute atomic E-state index is 14.1. The van der Waals surface area contributed by atoms with E-state index in [9.17, 15) is 22.8 Å². The van der Waals surface area contributed by atoms with E-state index in [4.69, 9.17) is 16.0 Å². The molecule has 0 bridgehead atoms. The first kappa shape index (κ1) is 22.0. The molecule has 170 valence electrons. The first-order chi connectivity index (χ1) is 15.5. The van der Waals surface area contributed by atoms with Crippen LogP contribution in [0, 0.1) is 13.8 Å². The SMILES string of the molecule is Cc1cc(Cn2nc(C(F)(F)F)c(-c3c(C(N)=O)nc4ccccc4c3C(N)=O)c2C)on1. The van der Waals surface area contributed by atoms with Crippen LogP contribution in [0.4, 0.5) is 13.2 Å². The minimum absolute atomic E-state index is 0.00143. The molecule has 0 atom stereocenters. The standard InChI is InChI=1S/C21H17F3N6O3/c1-9-7-11(33-29-9)8-30-10(2)14(18(28-30)21(22,23)24)16-15(19(25)31)12-5-3-4-6-13(12)27-17(16)20(26)32/h3-7H,8H2,1-2H3,(H2,25,31)(H2,26,32). The van der Waals surface area contributed by atoms with Crippen LogP contribution in [0.25, 0.3) is 22.0 Å². The number of hydrogen-bond donors (Lipinski definition) is 2. The summed E-state index contributed by atoms with van der Waals surface area (Å²) in [6, 6.07) is 7.67. The molecule has 9 nitrogen and oxygen atoms in total. The molecule has 0 saturated heterocycles. The number of alkyl halides is 3. The fourth-order valence-corrected chi connectivity index (χ4v) is 3.73. The second-order valence-electron chi connectivity index (χ2n) is 7.36. The lowest BCUT2D eigenvalue weighted by Crippen LogP contribution is -2.21. The monoisotopic (exact) mass is 458 g/mol. The molecular formula is C21H17F3N6O3. The van der Waals surface area contributed by atoms with Crippen molar-refractivity contribution in [3.63, 3.8) is 0 Å². The quantitative estimate of drug-likeness (QED) is 0.471. The van der Waals surface area contributed by atoms with Crippen LogP contribution < -0.4 is 11.5 Å². The third-order valence-corrected chi connectivity index (χ3v) is 5.08. The number of halogens is 3. The number of primary amides is 2. The molecule has 0 aliphatic rings. The Balaban J connectivity index is 2.11. The summed E-state index contributed by atoms with van der Waals surface area (Å²) in [5.74, 6) is -1.90. The number of carbonyl (C=O) groups is 2. The maximum atomic E-state index is 14.1. The van der Waals surface area contributed by atoms with Gasteiger partial charge in [-0.2, -0.15) is 18.3 Å². The Bertz CT molecular complexity index is 1420. The van der Waals surface area contributed by atoms with Crippen LogP contribution in [0.15, 0.2) is 34.9 Å². The summed E-state index contributed by atoms with van der Waals surface area (Å²) in [4.78, 5) is 28.9. The number of fused-ring (bicyclic) bond motifs is 1. The average molecular weight is 458 g/mol. The van der Waals surface area contributed by atoms with Gasteiger partial charge in [0.05, 0.1) is 16.8 Å². The van der Waals surface area contributed by atoms with Gasteiger partial charge in [-0.1, -0.05) is 23.4 Å². The maximum Gasteiger partial charge on any atom is 0.435 e. The number of pyridine rings is 1. The first-order valence-electron chi connectivity index (χ1n) is 9.58. The van der Waals surface area contributed by atoms with Crippen molar-refractivity contribution in [2.45, 2.75) is 26.6 Å². The van der Waals surface area contributed by atoms with Crippen LogP contribution in [-0.2, 0) is 12.7 Å².